The van der Waals surface area contributed by atoms with Gasteiger partial charge in [-0.05, 0) is 49.6 Å². The van der Waals surface area contributed by atoms with Crippen LogP contribution in [0.5, 0.6) is 0 Å². The highest BCUT2D eigenvalue weighted by molar-refractivity contribution is 7.92. The third kappa shape index (κ3) is 2.96. The van der Waals surface area contributed by atoms with E-state index in [9.17, 15) is 18.3 Å². The van der Waals surface area contributed by atoms with Crippen molar-refractivity contribution in [2.75, 3.05) is 4.72 Å². The van der Waals surface area contributed by atoms with E-state index in [0.717, 1.165) is 10.9 Å². The molecule has 0 aliphatic carbocycles. The Morgan fingerprint density at radius 1 is 1.12 bits per heavy atom. The van der Waals surface area contributed by atoms with Crippen LogP contribution < -0.4 is 4.72 Å². The number of aromatic nitrogens is 2. The molecule has 0 amide bonds. The van der Waals surface area contributed by atoms with E-state index in [4.69, 9.17) is 0 Å². The zero-order valence-corrected chi connectivity index (χ0v) is 14.7. The summed E-state index contributed by atoms with van der Waals surface area (Å²) in [6, 6.07) is 6.18. The van der Waals surface area contributed by atoms with E-state index in [1.165, 1.54) is 6.07 Å². The molecule has 1 heterocycles. The van der Waals surface area contributed by atoms with E-state index in [1.54, 1.807) is 38.2 Å². The molecule has 2 aromatic carbocycles. The fourth-order valence-electron chi connectivity index (χ4n) is 2.81. The van der Waals surface area contributed by atoms with Gasteiger partial charge < -0.3 is 5.11 Å². The highest BCUT2D eigenvalue weighted by Crippen LogP contribution is 2.28. The zero-order chi connectivity index (χ0) is 18.4. The van der Waals surface area contributed by atoms with Gasteiger partial charge in [-0.1, -0.05) is 12.1 Å². The number of H-pyrrole nitrogens is 1. The number of fused-ring (bicyclic) bond motifs is 1. The maximum atomic E-state index is 12.8. The van der Waals surface area contributed by atoms with Gasteiger partial charge in [0, 0.05) is 5.39 Å². The SMILES string of the molecule is Cc1cc(C)c(S(=O)(=O)Nc2ccc(C)c3cn[nH]c23)cc1C(=O)O. The summed E-state index contributed by atoms with van der Waals surface area (Å²) in [7, 11) is -3.96. The summed E-state index contributed by atoms with van der Waals surface area (Å²) in [5, 5.41) is 16.8. The minimum absolute atomic E-state index is 0.0402. The topological polar surface area (TPSA) is 112 Å². The van der Waals surface area contributed by atoms with E-state index in [1.807, 2.05) is 6.92 Å². The number of hydrogen-bond donors (Lipinski definition) is 3. The largest absolute Gasteiger partial charge is 0.478 e. The normalized spacial score (nSPS) is 11.6. The lowest BCUT2D eigenvalue weighted by atomic mass is 10.1. The predicted octanol–water partition coefficient (Wildman–Crippen LogP) is 2.99. The molecule has 0 fully saturated rings. The quantitative estimate of drug-likeness (QED) is 0.663. The van der Waals surface area contributed by atoms with Crippen LogP contribution in [0.25, 0.3) is 10.9 Å². The number of rotatable bonds is 4. The molecule has 3 rings (SSSR count). The number of carboxylic acids is 1. The first-order valence-electron chi connectivity index (χ1n) is 7.51. The molecule has 0 saturated carbocycles. The maximum absolute atomic E-state index is 12.8. The van der Waals surface area contributed by atoms with Gasteiger partial charge in [0.15, 0.2) is 0 Å². The highest BCUT2D eigenvalue weighted by atomic mass is 32.2. The van der Waals surface area contributed by atoms with Crippen LogP contribution in [0.3, 0.4) is 0 Å². The summed E-state index contributed by atoms with van der Waals surface area (Å²) in [5.41, 5.74) is 2.84. The van der Waals surface area contributed by atoms with Crippen LogP contribution >= 0.6 is 0 Å². The Kier molecular flexibility index (Phi) is 4.00. The second-order valence-electron chi connectivity index (χ2n) is 5.93. The van der Waals surface area contributed by atoms with Crippen LogP contribution in [0.4, 0.5) is 5.69 Å². The second-order valence-corrected chi connectivity index (χ2v) is 7.58. The Bertz CT molecular complexity index is 1100. The zero-order valence-electron chi connectivity index (χ0n) is 13.9. The van der Waals surface area contributed by atoms with E-state index in [-0.39, 0.29) is 10.5 Å². The average molecular weight is 359 g/mol. The van der Waals surface area contributed by atoms with Gasteiger partial charge in [0.25, 0.3) is 10.0 Å². The number of carboxylic acid groups (broad SMARTS) is 1. The Morgan fingerprint density at radius 3 is 2.52 bits per heavy atom. The Hall–Kier alpha value is -2.87. The molecule has 3 N–H and O–H groups in total. The Morgan fingerprint density at radius 2 is 1.84 bits per heavy atom. The average Bonchev–Trinajstić information content (AvgIpc) is 3.00. The van der Waals surface area contributed by atoms with Crippen LogP contribution in [0.15, 0.2) is 35.4 Å². The summed E-state index contributed by atoms with van der Waals surface area (Å²) < 4.78 is 28.2. The number of aromatic amines is 1. The van der Waals surface area contributed by atoms with Crippen molar-refractivity contribution in [3.63, 3.8) is 0 Å². The molecule has 0 bridgehead atoms. The van der Waals surface area contributed by atoms with Gasteiger partial charge in [-0.2, -0.15) is 5.10 Å². The summed E-state index contributed by atoms with van der Waals surface area (Å²) in [4.78, 5) is 11.3. The molecule has 0 saturated heterocycles. The summed E-state index contributed by atoms with van der Waals surface area (Å²) >= 11 is 0. The number of sulfonamides is 1. The number of nitrogens with zero attached hydrogens (tertiary/aromatic N) is 1. The van der Waals surface area contributed by atoms with Gasteiger partial charge in [0.1, 0.15) is 0 Å². The number of aryl methyl sites for hydroxylation is 3. The van der Waals surface area contributed by atoms with Crippen LogP contribution in [0.2, 0.25) is 0 Å². The van der Waals surface area contributed by atoms with Crippen molar-refractivity contribution in [3.05, 3.63) is 52.7 Å². The first kappa shape index (κ1) is 17.0. The van der Waals surface area contributed by atoms with E-state index >= 15 is 0 Å². The monoisotopic (exact) mass is 359 g/mol. The van der Waals surface area contributed by atoms with E-state index in [2.05, 4.69) is 14.9 Å². The molecule has 0 radical (unpaired) electrons. The molecule has 7 nitrogen and oxygen atoms in total. The van der Waals surface area contributed by atoms with Crippen molar-refractivity contribution in [1.82, 2.24) is 10.2 Å². The number of nitrogens with one attached hydrogen (secondary N) is 2. The second kappa shape index (κ2) is 5.89. The lowest BCUT2D eigenvalue weighted by Gasteiger charge is -2.13. The fraction of sp³-hybridized carbons (Fsp3) is 0.176. The third-order valence-electron chi connectivity index (χ3n) is 4.12. The molecular formula is C17H17N3O4S. The minimum Gasteiger partial charge on any atom is -0.478 e. The number of carbonyl (C=O) groups is 1. The van der Waals surface area contributed by atoms with Crippen molar-refractivity contribution in [3.8, 4) is 0 Å². The van der Waals surface area contributed by atoms with Gasteiger partial charge >= 0.3 is 5.97 Å². The summed E-state index contributed by atoms with van der Waals surface area (Å²) in [6.45, 7) is 5.17. The van der Waals surface area contributed by atoms with Crippen molar-refractivity contribution < 1.29 is 18.3 Å². The molecule has 0 aliphatic heterocycles. The maximum Gasteiger partial charge on any atom is 0.335 e. The van der Waals surface area contributed by atoms with Gasteiger partial charge in [-0.25, -0.2) is 13.2 Å². The van der Waals surface area contributed by atoms with Crippen LogP contribution in [-0.2, 0) is 10.0 Å². The van der Waals surface area contributed by atoms with Gasteiger partial charge in [-0.15, -0.1) is 0 Å². The molecular weight excluding hydrogens is 342 g/mol. The molecule has 1 aromatic heterocycles. The molecule has 25 heavy (non-hydrogen) atoms. The predicted molar refractivity (Wildman–Crippen MR) is 94.5 cm³/mol. The van der Waals surface area contributed by atoms with Crippen LogP contribution in [-0.4, -0.2) is 29.7 Å². The number of anilines is 1. The Labute approximate surface area is 144 Å². The van der Waals surface area contributed by atoms with Crippen LogP contribution in [0, 0.1) is 20.8 Å². The van der Waals surface area contributed by atoms with Crippen molar-refractivity contribution in [1.29, 1.82) is 0 Å². The van der Waals surface area contributed by atoms with Crippen LogP contribution in [0.1, 0.15) is 27.0 Å². The summed E-state index contributed by atoms with van der Waals surface area (Å²) in [6.07, 6.45) is 1.63. The summed E-state index contributed by atoms with van der Waals surface area (Å²) in [5.74, 6) is -1.17. The Balaban J connectivity index is 2.11. The third-order valence-corrected chi connectivity index (χ3v) is 5.63. The highest BCUT2D eigenvalue weighted by Gasteiger charge is 2.22. The molecule has 3 aromatic rings. The first-order valence-corrected chi connectivity index (χ1v) is 8.99. The smallest absolute Gasteiger partial charge is 0.335 e. The van der Waals surface area contributed by atoms with E-state index < -0.39 is 16.0 Å². The molecule has 130 valence electrons. The number of hydrogen-bond acceptors (Lipinski definition) is 4. The van der Waals surface area contributed by atoms with Crippen molar-refractivity contribution in [2.24, 2.45) is 0 Å². The first-order chi connectivity index (χ1) is 11.7. The molecule has 0 spiro atoms. The van der Waals surface area contributed by atoms with Gasteiger partial charge in [0.2, 0.25) is 0 Å². The number of aromatic carboxylic acids is 1. The van der Waals surface area contributed by atoms with Gasteiger partial charge in [-0.3, -0.25) is 9.82 Å². The van der Waals surface area contributed by atoms with Crippen molar-refractivity contribution in [2.45, 2.75) is 25.7 Å². The lowest BCUT2D eigenvalue weighted by Crippen LogP contribution is -2.16. The molecule has 0 atom stereocenters. The lowest BCUT2D eigenvalue weighted by molar-refractivity contribution is 0.0696. The van der Waals surface area contributed by atoms with Gasteiger partial charge in [0.05, 0.1) is 27.9 Å². The van der Waals surface area contributed by atoms with E-state index in [0.29, 0.717) is 22.3 Å². The molecule has 0 unspecified atom stereocenters. The molecule has 0 aliphatic rings. The standard InChI is InChI=1S/C17H17N3O4S/c1-9-4-5-14(16-13(9)8-18-19-16)20-25(23,24)15-7-12(17(21)22)10(2)6-11(15)3/h4-8,20H,1-3H3,(H,18,19)(H,21,22). The minimum atomic E-state index is -3.96. The number of benzene rings is 2. The van der Waals surface area contributed by atoms with Crippen molar-refractivity contribution >= 4 is 32.6 Å². The molecule has 8 heteroatoms. The fourth-order valence-corrected chi connectivity index (χ4v) is 4.13.